The monoisotopic (exact) mass is 632 g/mol. The van der Waals surface area contributed by atoms with Gasteiger partial charge in [0.25, 0.3) is 10.1 Å². The summed E-state index contributed by atoms with van der Waals surface area (Å²) in [6, 6.07) is 5.80. The Balaban J connectivity index is 1.31. The summed E-state index contributed by atoms with van der Waals surface area (Å²) in [6.07, 6.45) is 9.92. The minimum Gasteiger partial charge on any atom is -0.486 e. The van der Waals surface area contributed by atoms with Crippen LogP contribution in [-0.4, -0.2) is 64.7 Å². The summed E-state index contributed by atoms with van der Waals surface area (Å²) in [5.74, 6) is 1.10. The second-order valence-corrected chi connectivity index (χ2v) is 13.3. The van der Waals surface area contributed by atoms with E-state index in [4.69, 9.17) is 42.0 Å². The van der Waals surface area contributed by atoms with E-state index in [0.29, 0.717) is 52.7 Å². The summed E-state index contributed by atoms with van der Waals surface area (Å²) >= 11 is 12.7. The van der Waals surface area contributed by atoms with Gasteiger partial charge in [-0.25, -0.2) is 14.6 Å². The fourth-order valence-corrected chi connectivity index (χ4v) is 7.05. The van der Waals surface area contributed by atoms with Gasteiger partial charge >= 0.3 is 0 Å². The zero-order valence-electron chi connectivity index (χ0n) is 23.3. The highest BCUT2D eigenvalue weighted by Gasteiger charge is 2.44. The molecular formula is C28H30Cl2N6O5S. The maximum Gasteiger partial charge on any atom is 0.265 e. The number of aromatic nitrogens is 5. The van der Waals surface area contributed by atoms with E-state index in [-0.39, 0.29) is 6.23 Å². The van der Waals surface area contributed by atoms with Gasteiger partial charge in [0.15, 0.2) is 6.23 Å². The van der Waals surface area contributed by atoms with E-state index in [1.54, 1.807) is 31.7 Å². The molecule has 0 amide bonds. The molecule has 4 aromatic rings. The Kier molecular flexibility index (Phi) is 7.77. The zero-order valence-corrected chi connectivity index (χ0v) is 25.7. The topological polar surface area (TPSA) is 122 Å². The molecule has 6 rings (SSSR count). The summed E-state index contributed by atoms with van der Waals surface area (Å²) in [6.45, 7) is 5.04. The molecule has 1 aromatic carbocycles. The molecule has 222 valence electrons. The highest BCUT2D eigenvalue weighted by atomic mass is 35.5. The van der Waals surface area contributed by atoms with Gasteiger partial charge in [0, 0.05) is 47.9 Å². The van der Waals surface area contributed by atoms with Crippen LogP contribution in [0, 0.1) is 0 Å². The quantitative estimate of drug-likeness (QED) is 0.227. The predicted molar refractivity (Wildman–Crippen MR) is 159 cm³/mol. The third kappa shape index (κ3) is 5.91. The van der Waals surface area contributed by atoms with Gasteiger partial charge in [0.05, 0.1) is 34.9 Å². The lowest BCUT2D eigenvalue weighted by atomic mass is 9.98. The molecule has 0 aliphatic carbocycles. The van der Waals surface area contributed by atoms with Crippen molar-refractivity contribution >= 4 is 50.2 Å². The average Bonchev–Trinajstić information content (AvgIpc) is 3.30. The normalized spacial score (nSPS) is 19.5. The number of pyridine rings is 1. The molecule has 14 heteroatoms. The van der Waals surface area contributed by atoms with E-state index < -0.39 is 21.8 Å². The van der Waals surface area contributed by atoms with E-state index in [1.165, 1.54) is 0 Å². The van der Waals surface area contributed by atoms with Gasteiger partial charge in [-0.2, -0.15) is 13.5 Å². The summed E-state index contributed by atoms with van der Waals surface area (Å²) in [5.41, 5.74) is 2.17. The Morgan fingerprint density at radius 3 is 2.45 bits per heavy atom. The number of anilines is 1. The first-order valence-electron chi connectivity index (χ1n) is 13.6. The molecule has 0 radical (unpaired) electrons. The third-order valence-corrected chi connectivity index (χ3v) is 8.62. The van der Waals surface area contributed by atoms with E-state index >= 15 is 0 Å². The maximum atomic E-state index is 11.6. The van der Waals surface area contributed by atoms with Crippen LogP contribution in [0.5, 0.6) is 5.75 Å². The van der Waals surface area contributed by atoms with Crippen LogP contribution >= 0.6 is 23.2 Å². The van der Waals surface area contributed by atoms with Gasteiger partial charge in [-0.15, -0.1) is 0 Å². The molecule has 0 spiro atoms. The number of halogens is 2. The van der Waals surface area contributed by atoms with Crippen LogP contribution in [-0.2, 0) is 19.0 Å². The Morgan fingerprint density at radius 1 is 1.10 bits per heavy atom. The molecule has 1 unspecified atom stereocenters. The average molecular weight is 634 g/mol. The smallest absolute Gasteiger partial charge is 0.265 e. The number of hydrogen-bond acceptors (Lipinski definition) is 10. The van der Waals surface area contributed by atoms with Crippen molar-refractivity contribution in [1.82, 2.24) is 24.7 Å². The number of nitrogens with zero attached hydrogens (tertiary/aromatic N) is 6. The first kappa shape index (κ1) is 29.1. The van der Waals surface area contributed by atoms with E-state index in [0.717, 1.165) is 42.0 Å². The van der Waals surface area contributed by atoms with Crippen LogP contribution in [0.2, 0.25) is 10.0 Å². The second-order valence-electron chi connectivity index (χ2n) is 10.9. The first-order chi connectivity index (χ1) is 20.0. The zero-order chi connectivity index (χ0) is 29.6. The lowest BCUT2D eigenvalue weighted by Gasteiger charge is -2.46. The van der Waals surface area contributed by atoms with E-state index in [2.05, 4.69) is 15.0 Å². The van der Waals surface area contributed by atoms with Crippen molar-refractivity contribution in [2.24, 2.45) is 0 Å². The van der Waals surface area contributed by atoms with Crippen molar-refractivity contribution in [2.45, 2.75) is 51.0 Å². The summed E-state index contributed by atoms with van der Waals surface area (Å²) in [7, 11) is -3.56. The summed E-state index contributed by atoms with van der Waals surface area (Å²) in [4.78, 5) is 15.0. The molecular weight excluding hydrogens is 603 g/mol. The highest BCUT2D eigenvalue weighted by Crippen LogP contribution is 2.38. The number of rotatable bonds is 8. The van der Waals surface area contributed by atoms with Crippen molar-refractivity contribution in [3.05, 3.63) is 58.6 Å². The van der Waals surface area contributed by atoms with Gasteiger partial charge in [-0.05, 0) is 51.3 Å². The minimum atomic E-state index is -3.56. The molecule has 2 aliphatic heterocycles. The van der Waals surface area contributed by atoms with Crippen molar-refractivity contribution in [3.8, 4) is 17.0 Å². The molecule has 2 atom stereocenters. The number of ether oxygens (including phenoxy) is 2. The number of benzene rings is 1. The highest BCUT2D eigenvalue weighted by molar-refractivity contribution is 7.86. The van der Waals surface area contributed by atoms with Crippen molar-refractivity contribution in [1.29, 1.82) is 0 Å². The van der Waals surface area contributed by atoms with Gasteiger partial charge in [0.1, 0.15) is 23.1 Å². The van der Waals surface area contributed by atoms with Gasteiger partial charge in [0.2, 0.25) is 5.95 Å². The van der Waals surface area contributed by atoms with Crippen molar-refractivity contribution in [3.63, 3.8) is 0 Å². The predicted octanol–water partition coefficient (Wildman–Crippen LogP) is 5.59. The van der Waals surface area contributed by atoms with Crippen molar-refractivity contribution in [2.75, 3.05) is 30.9 Å². The minimum absolute atomic E-state index is 0.177. The first-order valence-corrected chi connectivity index (χ1v) is 16.1. The van der Waals surface area contributed by atoms with E-state index in [1.807, 2.05) is 34.7 Å². The molecule has 2 saturated heterocycles. The molecule has 2 fully saturated rings. The van der Waals surface area contributed by atoms with Crippen LogP contribution < -0.4 is 9.64 Å². The second kappa shape index (κ2) is 11.2. The summed E-state index contributed by atoms with van der Waals surface area (Å²) in [5, 5.41) is 6.69. The standard InChI is InChI=1S/C28H30Cl2N6O5S/c1-17(25-21(29)13-31-14-22(25)30)40-19-7-8-23-20(10-19)26(34-36(23)24-6-4-5-9-39-24)18-11-32-27(33-12-18)35-15-28(2,16-35)41-42(3,37)38/h7-8,10-14,17,24H,4-6,9,15-16H2,1-3H3/t17-,24?/m1/s1. The fraction of sp³-hybridized carbons (Fsp3) is 0.429. The van der Waals surface area contributed by atoms with Crippen LogP contribution in [0.4, 0.5) is 5.95 Å². The molecule has 0 N–H and O–H groups in total. The van der Waals surface area contributed by atoms with Gasteiger partial charge < -0.3 is 14.4 Å². The molecule has 42 heavy (non-hydrogen) atoms. The van der Waals surface area contributed by atoms with Gasteiger partial charge in [-0.3, -0.25) is 9.17 Å². The molecule has 5 heterocycles. The molecule has 2 aliphatic rings. The SMILES string of the molecule is C[C@@H](Oc1ccc2c(c1)c(-c1cnc(N3CC(C)(OS(C)(=O)=O)C3)nc1)nn2C1CCCCO1)c1c(Cl)cncc1Cl. The Labute approximate surface area is 253 Å². The van der Waals surface area contributed by atoms with Crippen LogP contribution in [0.25, 0.3) is 22.2 Å². The third-order valence-electron chi connectivity index (χ3n) is 7.31. The lowest BCUT2D eigenvalue weighted by Crippen LogP contribution is -2.62. The molecule has 0 saturated carbocycles. The lowest BCUT2D eigenvalue weighted by molar-refractivity contribution is -0.0365. The van der Waals surface area contributed by atoms with Crippen LogP contribution in [0.3, 0.4) is 0 Å². The Hall–Kier alpha value is -3.03. The number of hydrogen-bond donors (Lipinski definition) is 0. The Bertz CT molecular complexity index is 1700. The largest absolute Gasteiger partial charge is 0.486 e. The van der Waals surface area contributed by atoms with E-state index in [9.17, 15) is 8.42 Å². The molecule has 3 aromatic heterocycles. The van der Waals surface area contributed by atoms with Crippen molar-refractivity contribution < 1.29 is 22.1 Å². The number of fused-ring (bicyclic) bond motifs is 1. The summed E-state index contributed by atoms with van der Waals surface area (Å²) < 4.78 is 42.6. The molecule has 0 bridgehead atoms. The van der Waals surface area contributed by atoms with Crippen LogP contribution in [0.15, 0.2) is 43.0 Å². The molecule has 11 nitrogen and oxygen atoms in total. The Morgan fingerprint density at radius 2 is 1.81 bits per heavy atom. The maximum absolute atomic E-state index is 11.6. The fourth-order valence-electron chi connectivity index (χ4n) is 5.54. The van der Waals surface area contributed by atoms with Gasteiger partial charge in [-0.1, -0.05) is 23.2 Å². The van der Waals surface area contributed by atoms with Crippen LogP contribution in [0.1, 0.15) is 51.0 Å².